The molecule has 0 saturated heterocycles. The van der Waals surface area contributed by atoms with Crippen LogP contribution in [0.4, 0.5) is 5.69 Å². The fraction of sp³-hybridized carbons (Fsp3) is 0.538. The van der Waals surface area contributed by atoms with Crippen LogP contribution in [0.5, 0.6) is 5.75 Å². The maximum Gasteiger partial charge on any atom is 0.118 e. The van der Waals surface area contributed by atoms with Crippen LogP contribution in [0, 0.1) is 13.8 Å². The molecule has 0 spiro atoms. The lowest BCUT2D eigenvalue weighted by Gasteiger charge is -2.17. The number of hydrogen-bond acceptors (Lipinski definition) is 3. The number of aryl methyl sites for hydroxylation is 2. The van der Waals surface area contributed by atoms with Gasteiger partial charge in [0.25, 0.3) is 0 Å². The summed E-state index contributed by atoms with van der Waals surface area (Å²) < 4.78 is 0. The third kappa shape index (κ3) is 2.30. The maximum absolute atomic E-state index is 9.58. The minimum atomic E-state index is 0.344. The van der Waals surface area contributed by atoms with Crippen molar-refractivity contribution >= 4 is 5.69 Å². The molecule has 0 bridgehead atoms. The van der Waals surface area contributed by atoms with Gasteiger partial charge in [-0.05, 0) is 56.4 Å². The molecular formula is C13H20N2O. The Morgan fingerprint density at radius 2 is 2.00 bits per heavy atom. The van der Waals surface area contributed by atoms with E-state index in [1.54, 1.807) is 0 Å². The van der Waals surface area contributed by atoms with Gasteiger partial charge in [0.1, 0.15) is 5.75 Å². The SMILES string of the molecule is Cc1cc(NC2CCC(N)C2)c(C)cc1O. The highest BCUT2D eigenvalue weighted by Gasteiger charge is 2.21. The van der Waals surface area contributed by atoms with Crippen molar-refractivity contribution in [1.29, 1.82) is 0 Å². The average Bonchev–Trinajstić information content (AvgIpc) is 2.60. The fourth-order valence-corrected chi connectivity index (χ4v) is 2.32. The van der Waals surface area contributed by atoms with E-state index < -0.39 is 0 Å². The van der Waals surface area contributed by atoms with E-state index in [0.29, 0.717) is 17.8 Å². The van der Waals surface area contributed by atoms with Crippen molar-refractivity contribution in [2.24, 2.45) is 5.73 Å². The minimum Gasteiger partial charge on any atom is -0.508 e. The Morgan fingerprint density at radius 3 is 2.62 bits per heavy atom. The van der Waals surface area contributed by atoms with Gasteiger partial charge in [-0.15, -0.1) is 0 Å². The van der Waals surface area contributed by atoms with Crippen LogP contribution < -0.4 is 11.1 Å². The molecule has 16 heavy (non-hydrogen) atoms. The molecule has 3 heteroatoms. The van der Waals surface area contributed by atoms with Crippen LogP contribution >= 0.6 is 0 Å². The van der Waals surface area contributed by atoms with Gasteiger partial charge in [0, 0.05) is 17.8 Å². The number of anilines is 1. The molecule has 0 heterocycles. The van der Waals surface area contributed by atoms with Gasteiger partial charge in [-0.1, -0.05) is 0 Å². The Balaban J connectivity index is 2.12. The zero-order valence-electron chi connectivity index (χ0n) is 9.96. The van der Waals surface area contributed by atoms with E-state index in [1.165, 1.54) is 0 Å². The third-order valence-corrected chi connectivity index (χ3v) is 3.38. The third-order valence-electron chi connectivity index (χ3n) is 3.38. The lowest BCUT2D eigenvalue weighted by atomic mass is 10.1. The molecule has 1 aromatic carbocycles. The Morgan fingerprint density at radius 1 is 1.25 bits per heavy atom. The molecule has 1 fully saturated rings. The maximum atomic E-state index is 9.58. The topological polar surface area (TPSA) is 58.3 Å². The minimum absolute atomic E-state index is 0.344. The van der Waals surface area contributed by atoms with Crippen molar-refractivity contribution in [1.82, 2.24) is 0 Å². The van der Waals surface area contributed by atoms with Gasteiger partial charge in [0.15, 0.2) is 0 Å². The lowest BCUT2D eigenvalue weighted by molar-refractivity contribution is 0.470. The number of nitrogens with one attached hydrogen (secondary N) is 1. The summed E-state index contributed by atoms with van der Waals surface area (Å²) in [6.07, 6.45) is 3.29. The Labute approximate surface area is 96.7 Å². The van der Waals surface area contributed by atoms with Crippen LogP contribution in [0.3, 0.4) is 0 Å². The molecule has 2 unspecified atom stereocenters. The molecule has 1 aromatic rings. The van der Waals surface area contributed by atoms with E-state index in [-0.39, 0.29) is 0 Å². The fourth-order valence-electron chi connectivity index (χ4n) is 2.32. The highest BCUT2D eigenvalue weighted by Crippen LogP contribution is 2.28. The number of phenols is 1. The quantitative estimate of drug-likeness (QED) is 0.670. The number of hydrogen-bond donors (Lipinski definition) is 3. The zero-order valence-corrected chi connectivity index (χ0v) is 9.96. The van der Waals surface area contributed by atoms with Crippen LogP contribution in [-0.2, 0) is 0 Å². The van der Waals surface area contributed by atoms with Crippen molar-refractivity contribution < 1.29 is 5.11 Å². The Bertz CT molecular complexity index is 390. The van der Waals surface area contributed by atoms with Crippen molar-refractivity contribution in [3.63, 3.8) is 0 Å². The van der Waals surface area contributed by atoms with E-state index in [4.69, 9.17) is 5.73 Å². The summed E-state index contributed by atoms with van der Waals surface area (Å²) in [4.78, 5) is 0. The monoisotopic (exact) mass is 220 g/mol. The van der Waals surface area contributed by atoms with Crippen LogP contribution in [-0.4, -0.2) is 17.2 Å². The summed E-state index contributed by atoms with van der Waals surface area (Å²) in [5.41, 5.74) is 9.01. The van der Waals surface area contributed by atoms with Gasteiger partial charge in [0.2, 0.25) is 0 Å². The van der Waals surface area contributed by atoms with E-state index in [0.717, 1.165) is 36.1 Å². The molecule has 0 amide bonds. The second-order valence-electron chi connectivity index (χ2n) is 4.87. The molecule has 1 saturated carbocycles. The van der Waals surface area contributed by atoms with Crippen LogP contribution in [0.25, 0.3) is 0 Å². The Hall–Kier alpha value is -1.22. The first kappa shape index (κ1) is 11.3. The average molecular weight is 220 g/mol. The van der Waals surface area contributed by atoms with E-state index in [9.17, 15) is 5.11 Å². The van der Waals surface area contributed by atoms with E-state index >= 15 is 0 Å². The van der Waals surface area contributed by atoms with Crippen LogP contribution in [0.1, 0.15) is 30.4 Å². The highest BCUT2D eigenvalue weighted by molar-refractivity contribution is 5.57. The first-order valence-electron chi connectivity index (χ1n) is 5.88. The molecule has 0 aromatic heterocycles. The molecule has 1 aliphatic carbocycles. The van der Waals surface area contributed by atoms with Crippen molar-refractivity contribution in [2.45, 2.75) is 45.2 Å². The van der Waals surface area contributed by atoms with Crippen molar-refractivity contribution in [3.05, 3.63) is 23.3 Å². The van der Waals surface area contributed by atoms with Crippen LogP contribution in [0.2, 0.25) is 0 Å². The molecule has 0 aliphatic heterocycles. The zero-order chi connectivity index (χ0) is 11.7. The summed E-state index contributed by atoms with van der Waals surface area (Å²) >= 11 is 0. The number of rotatable bonds is 2. The van der Waals surface area contributed by atoms with Gasteiger partial charge >= 0.3 is 0 Å². The normalized spacial score (nSPS) is 24.7. The van der Waals surface area contributed by atoms with Crippen molar-refractivity contribution in [3.8, 4) is 5.75 Å². The molecule has 88 valence electrons. The summed E-state index contributed by atoms with van der Waals surface area (Å²) in [5, 5.41) is 13.1. The van der Waals surface area contributed by atoms with Gasteiger partial charge in [-0.25, -0.2) is 0 Å². The standard InChI is InChI=1S/C13H20N2O/c1-8-6-13(16)9(2)5-12(8)15-11-4-3-10(14)7-11/h5-6,10-11,15-16H,3-4,7,14H2,1-2H3. The van der Waals surface area contributed by atoms with Gasteiger partial charge in [-0.2, -0.15) is 0 Å². The van der Waals surface area contributed by atoms with Crippen molar-refractivity contribution in [2.75, 3.05) is 5.32 Å². The molecule has 2 rings (SSSR count). The number of aromatic hydroxyl groups is 1. The predicted octanol–water partition coefficient (Wildman–Crippen LogP) is 2.30. The molecular weight excluding hydrogens is 200 g/mol. The smallest absolute Gasteiger partial charge is 0.118 e. The molecule has 4 N–H and O–H groups in total. The lowest BCUT2D eigenvalue weighted by Crippen LogP contribution is -2.21. The second-order valence-corrected chi connectivity index (χ2v) is 4.87. The Kier molecular flexibility index (Phi) is 3.06. The van der Waals surface area contributed by atoms with Gasteiger partial charge < -0.3 is 16.2 Å². The van der Waals surface area contributed by atoms with Gasteiger partial charge in [-0.3, -0.25) is 0 Å². The molecule has 2 atom stereocenters. The molecule has 1 aliphatic rings. The summed E-state index contributed by atoms with van der Waals surface area (Å²) in [6, 6.07) is 4.65. The molecule has 3 nitrogen and oxygen atoms in total. The highest BCUT2D eigenvalue weighted by atomic mass is 16.3. The predicted molar refractivity (Wildman–Crippen MR) is 66.8 cm³/mol. The number of phenolic OH excluding ortho intramolecular Hbond substituents is 1. The summed E-state index contributed by atoms with van der Waals surface area (Å²) in [5.74, 6) is 0.367. The number of benzene rings is 1. The molecule has 0 radical (unpaired) electrons. The van der Waals surface area contributed by atoms with Gasteiger partial charge in [0.05, 0.1) is 0 Å². The first-order chi connectivity index (χ1) is 7.56. The van der Waals surface area contributed by atoms with E-state index in [1.807, 2.05) is 26.0 Å². The number of nitrogens with two attached hydrogens (primary N) is 1. The summed E-state index contributed by atoms with van der Waals surface area (Å²) in [7, 11) is 0. The first-order valence-corrected chi connectivity index (χ1v) is 5.88. The largest absolute Gasteiger partial charge is 0.508 e. The van der Waals surface area contributed by atoms with E-state index in [2.05, 4.69) is 5.32 Å². The van der Waals surface area contributed by atoms with Crippen LogP contribution in [0.15, 0.2) is 12.1 Å². The summed E-state index contributed by atoms with van der Waals surface area (Å²) in [6.45, 7) is 3.93. The second kappa shape index (κ2) is 4.34.